The van der Waals surface area contributed by atoms with Crippen LogP contribution in [-0.2, 0) is 10.2 Å². The van der Waals surface area contributed by atoms with Crippen molar-refractivity contribution in [3.63, 3.8) is 0 Å². The van der Waals surface area contributed by atoms with E-state index < -0.39 is 11.2 Å². The number of ketones is 1. The van der Waals surface area contributed by atoms with E-state index in [1.807, 2.05) is 6.07 Å². The SMILES string of the molecule is N#CC1(c2cccc(Br)c2F)CC(=O)C1. The summed E-state index contributed by atoms with van der Waals surface area (Å²) in [6, 6.07) is 6.86. The van der Waals surface area contributed by atoms with Gasteiger partial charge < -0.3 is 0 Å². The average molecular weight is 268 g/mol. The van der Waals surface area contributed by atoms with E-state index in [-0.39, 0.29) is 18.6 Å². The summed E-state index contributed by atoms with van der Waals surface area (Å²) >= 11 is 3.07. The summed E-state index contributed by atoms with van der Waals surface area (Å²) in [5, 5.41) is 9.04. The second kappa shape index (κ2) is 3.42. The standard InChI is InChI=1S/C11H7BrFNO/c12-9-3-1-2-8(10(9)13)11(6-14)4-7(15)5-11/h1-3H,4-5H2. The van der Waals surface area contributed by atoms with E-state index in [4.69, 9.17) is 5.26 Å². The lowest BCUT2D eigenvalue weighted by atomic mass is 9.64. The summed E-state index contributed by atoms with van der Waals surface area (Å²) in [6.45, 7) is 0. The quantitative estimate of drug-likeness (QED) is 0.785. The first-order valence-electron chi connectivity index (χ1n) is 4.46. The Morgan fingerprint density at radius 1 is 1.47 bits per heavy atom. The highest BCUT2D eigenvalue weighted by molar-refractivity contribution is 9.10. The maximum Gasteiger partial charge on any atom is 0.142 e. The molecule has 0 bridgehead atoms. The van der Waals surface area contributed by atoms with Crippen LogP contribution in [0.2, 0.25) is 0 Å². The Kier molecular flexibility index (Phi) is 2.35. The van der Waals surface area contributed by atoms with Crippen molar-refractivity contribution in [3.05, 3.63) is 34.1 Å². The smallest absolute Gasteiger partial charge is 0.142 e. The molecule has 15 heavy (non-hydrogen) atoms. The summed E-state index contributed by atoms with van der Waals surface area (Å²) in [5.41, 5.74) is -0.621. The number of rotatable bonds is 1. The number of carbonyl (C=O) groups excluding carboxylic acids is 1. The molecule has 0 unspecified atom stereocenters. The molecule has 4 heteroatoms. The minimum Gasteiger partial charge on any atom is -0.300 e. The highest BCUT2D eigenvalue weighted by atomic mass is 79.9. The molecular formula is C11H7BrFNO. The summed E-state index contributed by atoms with van der Waals surface area (Å²) in [7, 11) is 0. The zero-order chi connectivity index (χ0) is 11.1. The fourth-order valence-electron chi connectivity index (χ4n) is 1.82. The lowest BCUT2D eigenvalue weighted by Crippen LogP contribution is -2.41. The maximum atomic E-state index is 13.7. The fourth-order valence-corrected chi connectivity index (χ4v) is 2.19. The van der Waals surface area contributed by atoms with E-state index in [0.717, 1.165) is 0 Å². The number of Topliss-reactive ketones (excluding diaryl/α,β-unsaturated/α-hetero) is 1. The molecular weight excluding hydrogens is 261 g/mol. The van der Waals surface area contributed by atoms with Crippen LogP contribution in [0.1, 0.15) is 18.4 Å². The first kappa shape index (κ1) is 10.3. The predicted octanol–water partition coefficient (Wildman–Crippen LogP) is 2.71. The normalized spacial score (nSPS) is 18.1. The summed E-state index contributed by atoms with van der Waals surface area (Å²) in [6.07, 6.45) is 0.244. The first-order chi connectivity index (χ1) is 7.09. The highest BCUT2D eigenvalue weighted by Gasteiger charge is 2.47. The van der Waals surface area contributed by atoms with Crippen molar-refractivity contribution in [1.29, 1.82) is 5.26 Å². The van der Waals surface area contributed by atoms with E-state index in [1.54, 1.807) is 18.2 Å². The van der Waals surface area contributed by atoms with E-state index in [2.05, 4.69) is 15.9 Å². The van der Waals surface area contributed by atoms with Crippen molar-refractivity contribution >= 4 is 21.7 Å². The fraction of sp³-hybridized carbons (Fsp3) is 0.273. The van der Waals surface area contributed by atoms with Gasteiger partial charge in [-0.3, -0.25) is 4.79 Å². The number of benzene rings is 1. The zero-order valence-corrected chi connectivity index (χ0v) is 9.34. The number of nitriles is 1. The highest BCUT2D eigenvalue weighted by Crippen LogP contribution is 2.42. The average Bonchev–Trinajstić information content (AvgIpc) is 2.17. The van der Waals surface area contributed by atoms with Gasteiger partial charge in [-0.05, 0) is 22.0 Å². The van der Waals surface area contributed by atoms with Gasteiger partial charge >= 0.3 is 0 Å². The first-order valence-corrected chi connectivity index (χ1v) is 5.26. The molecule has 1 aromatic rings. The number of halogens is 2. The lowest BCUT2D eigenvalue weighted by Gasteiger charge is -2.34. The van der Waals surface area contributed by atoms with Crippen molar-refractivity contribution in [1.82, 2.24) is 0 Å². The minimum atomic E-state index is -0.940. The molecule has 1 fully saturated rings. The van der Waals surface area contributed by atoms with Gasteiger partial charge in [0, 0.05) is 18.4 Å². The van der Waals surface area contributed by atoms with Gasteiger partial charge in [0.2, 0.25) is 0 Å². The molecule has 0 saturated heterocycles. The number of carbonyl (C=O) groups is 1. The molecule has 2 nitrogen and oxygen atoms in total. The molecule has 0 atom stereocenters. The van der Waals surface area contributed by atoms with Crippen LogP contribution in [0.4, 0.5) is 4.39 Å². The van der Waals surface area contributed by atoms with Gasteiger partial charge in [0.05, 0.1) is 16.0 Å². The second-order valence-electron chi connectivity index (χ2n) is 3.69. The Morgan fingerprint density at radius 3 is 2.67 bits per heavy atom. The lowest BCUT2D eigenvalue weighted by molar-refractivity contribution is -0.126. The van der Waals surface area contributed by atoms with Crippen LogP contribution in [0.25, 0.3) is 0 Å². The van der Waals surface area contributed by atoms with Gasteiger partial charge in [0.25, 0.3) is 0 Å². The van der Waals surface area contributed by atoms with Gasteiger partial charge in [0.1, 0.15) is 11.6 Å². The topological polar surface area (TPSA) is 40.9 Å². The second-order valence-corrected chi connectivity index (χ2v) is 4.54. The molecule has 0 N–H and O–H groups in total. The van der Waals surface area contributed by atoms with Crippen LogP contribution in [0, 0.1) is 17.1 Å². The van der Waals surface area contributed by atoms with E-state index in [1.165, 1.54) is 0 Å². The molecule has 1 aliphatic carbocycles. The van der Waals surface area contributed by atoms with Crippen molar-refractivity contribution in [2.45, 2.75) is 18.3 Å². The molecule has 0 aliphatic heterocycles. The molecule has 0 amide bonds. The molecule has 0 radical (unpaired) electrons. The Labute approximate surface area is 94.8 Å². The van der Waals surface area contributed by atoms with E-state index >= 15 is 0 Å². The summed E-state index contributed by atoms with van der Waals surface area (Å²) in [4.78, 5) is 11.0. The third-order valence-electron chi connectivity index (χ3n) is 2.68. The minimum absolute atomic E-state index is 0.0101. The van der Waals surface area contributed by atoms with E-state index in [9.17, 15) is 9.18 Å². The Hall–Kier alpha value is -1.21. The van der Waals surface area contributed by atoms with Gasteiger partial charge in [-0.15, -0.1) is 0 Å². The largest absolute Gasteiger partial charge is 0.300 e. The molecule has 1 aliphatic rings. The van der Waals surface area contributed by atoms with Crippen molar-refractivity contribution in [2.24, 2.45) is 0 Å². The third-order valence-corrected chi connectivity index (χ3v) is 3.29. The van der Waals surface area contributed by atoms with E-state index in [0.29, 0.717) is 10.0 Å². The van der Waals surface area contributed by atoms with Crippen LogP contribution in [0.5, 0.6) is 0 Å². The molecule has 0 heterocycles. The molecule has 0 spiro atoms. The molecule has 76 valence electrons. The van der Waals surface area contributed by atoms with Gasteiger partial charge in [0.15, 0.2) is 0 Å². The van der Waals surface area contributed by atoms with Crippen molar-refractivity contribution in [3.8, 4) is 6.07 Å². The predicted molar refractivity (Wildman–Crippen MR) is 55.6 cm³/mol. The molecule has 2 rings (SSSR count). The zero-order valence-electron chi connectivity index (χ0n) is 7.76. The number of hydrogen-bond donors (Lipinski definition) is 0. The van der Waals surface area contributed by atoms with Gasteiger partial charge in [-0.25, -0.2) is 4.39 Å². The van der Waals surface area contributed by atoms with Crippen LogP contribution in [0.3, 0.4) is 0 Å². The number of nitrogens with zero attached hydrogens (tertiary/aromatic N) is 1. The van der Waals surface area contributed by atoms with Gasteiger partial charge in [-0.1, -0.05) is 12.1 Å². The van der Waals surface area contributed by atoms with Crippen LogP contribution < -0.4 is 0 Å². The third kappa shape index (κ3) is 1.47. The van der Waals surface area contributed by atoms with Crippen molar-refractivity contribution < 1.29 is 9.18 Å². The van der Waals surface area contributed by atoms with Crippen LogP contribution in [0.15, 0.2) is 22.7 Å². The monoisotopic (exact) mass is 267 g/mol. The Balaban J connectivity index is 2.50. The Bertz CT molecular complexity index is 470. The molecule has 1 aromatic carbocycles. The van der Waals surface area contributed by atoms with Crippen LogP contribution >= 0.6 is 15.9 Å². The maximum absolute atomic E-state index is 13.7. The summed E-state index contributed by atoms with van der Waals surface area (Å²) in [5.74, 6) is -0.428. The Morgan fingerprint density at radius 2 is 2.13 bits per heavy atom. The summed E-state index contributed by atoms with van der Waals surface area (Å²) < 4.78 is 14.1. The van der Waals surface area contributed by atoms with Crippen LogP contribution in [-0.4, -0.2) is 5.78 Å². The van der Waals surface area contributed by atoms with Crippen molar-refractivity contribution in [2.75, 3.05) is 0 Å². The molecule has 0 aromatic heterocycles. The molecule has 1 saturated carbocycles. The van der Waals surface area contributed by atoms with Gasteiger partial charge in [-0.2, -0.15) is 5.26 Å². The number of hydrogen-bond acceptors (Lipinski definition) is 2.